The number of benzene rings is 1. The molecule has 0 spiro atoms. The molecule has 0 fully saturated rings. The number of nitrogens with zero attached hydrogens (tertiary/aromatic N) is 1. The topological polar surface area (TPSA) is 38.9 Å². The van der Waals surface area contributed by atoms with Crippen molar-refractivity contribution in [2.45, 2.75) is 12.5 Å². The van der Waals surface area contributed by atoms with Crippen molar-refractivity contribution >= 4 is 11.6 Å². The number of nitrogens with two attached hydrogens (primary N) is 1. The highest BCUT2D eigenvalue weighted by Crippen LogP contribution is 2.24. The van der Waals surface area contributed by atoms with Gasteiger partial charge in [-0.2, -0.15) is 0 Å². The number of pyridine rings is 1. The van der Waals surface area contributed by atoms with Gasteiger partial charge in [0, 0.05) is 18.4 Å². The second kappa shape index (κ2) is 5.42. The van der Waals surface area contributed by atoms with Crippen molar-refractivity contribution in [3.05, 3.63) is 64.4 Å². The Bertz CT molecular complexity index is 560. The van der Waals surface area contributed by atoms with Crippen LogP contribution in [0.2, 0.25) is 5.02 Å². The first-order valence-electron chi connectivity index (χ1n) is 5.37. The van der Waals surface area contributed by atoms with E-state index in [1.807, 2.05) is 0 Å². The van der Waals surface area contributed by atoms with Gasteiger partial charge in [-0.1, -0.05) is 11.6 Å². The minimum absolute atomic E-state index is 0.174. The van der Waals surface area contributed by atoms with Crippen molar-refractivity contribution in [1.82, 2.24) is 4.98 Å². The van der Waals surface area contributed by atoms with Gasteiger partial charge < -0.3 is 5.73 Å². The molecule has 0 aliphatic heterocycles. The Balaban J connectivity index is 2.24. The Hall–Kier alpha value is -1.52. The molecule has 94 valence electrons. The van der Waals surface area contributed by atoms with Crippen LogP contribution in [0.15, 0.2) is 36.7 Å². The monoisotopic (exact) mass is 268 g/mol. The van der Waals surface area contributed by atoms with E-state index in [-0.39, 0.29) is 12.0 Å². The number of halogens is 3. The highest BCUT2D eigenvalue weighted by molar-refractivity contribution is 6.31. The molecule has 0 radical (unpaired) electrons. The zero-order valence-electron chi connectivity index (χ0n) is 9.41. The number of rotatable bonds is 3. The summed E-state index contributed by atoms with van der Waals surface area (Å²) >= 11 is 5.95. The molecule has 1 heterocycles. The van der Waals surface area contributed by atoms with Gasteiger partial charge in [-0.25, -0.2) is 8.78 Å². The third-order valence-corrected chi connectivity index (χ3v) is 2.97. The SMILES string of the molecule is NC(Cc1cc(F)ccc1F)c1ccncc1Cl. The summed E-state index contributed by atoms with van der Waals surface area (Å²) in [4.78, 5) is 3.84. The van der Waals surface area contributed by atoms with E-state index in [0.717, 1.165) is 18.2 Å². The van der Waals surface area contributed by atoms with E-state index in [1.54, 1.807) is 12.3 Å². The van der Waals surface area contributed by atoms with Gasteiger partial charge in [0.05, 0.1) is 5.02 Å². The Morgan fingerprint density at radius 3 is 2.78 bits per heavy atom. The summed E-state index contributed by atoms with van der Waals surface area (Å²) < 4.78 is 26.5. The Morgan fingerprint density at radius 2 is 2.06 bits per heavy atom. The minimum atomic E-state index is -0.503. The van der Waals surface area contributed by atoms with Crippen molar-refractivity contribution < 1.29 is 8.78 Å². The van der Waals surface area contributed by atoms with E-state index in [0.29, 0.717) is 10.6 Å². The fourth-order valence-corrected chi connectivity index (χ4v) is 1.99. The van der Waals surface area contributed by atoms with Crippen molar-refractivity contribution in [2.24, 2.45) is 5.73 Å². The predicted octanol–water partition coefficient (Wildman–Crippen LogP) is 3.26. The summed E-state index contributed by atoms with van der Waals surface area (Å²) in [6.45, 7) is 0. The molecule has 0 aliphatic rings. The average Bonchev–Trinajstić information content (AvgIpc) is 2.34. The summed E-state index contributed by atoms with van der Waals surface area (Å²) in [5.41, 5.74) is 6.84. The molecule has 0 bridgehead atoms. The van der Waals surface area contributed by atoms with Crippen LogP contribution in [0.1, 0.15) is 17.2 Å². The van der Waals surface area contributed by atoms with Crippen LogP contribution in [0.4, 0.5) is 8.78 Å². The van der Waals surface area contributed by atoms with E-state index < -0.39 is 17.7 Å². The second-order valence-corrected chi connectivity index (χ2v) is 4.35. The maximum Gasteiger partial charge on any atom is 0.126 e. The molecular formula is C13H11ClF2N2. The van der Waals surface area contributed by atoms with Gasteiger partial charge in [0.15, 0.2) is 0 Å². The fourth-order valence-electron chi connectivity index (χ4n) is 1.73. The molecule has 2 aromatic rings. The molecule has 0 saturated carbocycles. The first-order valence-corrected chi connectivity index (χ1v) is 5.74. The molecule has 1 atom stereocenters. The van der Waals surface area contributed by atoms with Crippen LogP contribution in [-0.2, 0) is 6.42 Å². The first kappa shape index (κ1) is 12.9. The lowest BCUT2D eigenvalue weighted by Gasteiger charge is -2.13. The normalized spacial score (nSPS) is 12.4. The predicted molar refractivity (Wildman–Crippen MR) is 66.2 cm³/mol. The molecule has 2 N–H and O–H groups in total. The molecular weight excluding hydrogens is 258 g/mol. The lowest BCUT2D eigenvalue weighted by Crippen LogP contribution is -2.15. The second-order valence-electron chi connectivity index (χ2n) is 3.94. The quantitative estimate of drug-likeness (QED) is 0.928. The molecule has 0 saturated heterocycles. The van der Waals surface area contributed by atoms with Crippen LogP contribution in [-0.4, -0.2) is 4.98 Å². The van der Waals surface area contributed by atoms with Gasteiger partial charge in [0.1, 0.15) is 11.6 Å². The van der Waals surface area contributed by atoms with Crippen LogP contribution in [0.25, 0.3) is 0 Å². The van der Waals surface area contributed by atoms with Gasteiger partial charge in [0.2, 0.25) is 0 Å². The summed E-state index contributed by atoms with van der Waals surface area (Å²) in [5, 5.41) is 0.418. The number of hydrogen-bond acceptors (Lipinski definition) is 2. The van der Waals surface area contributed by atoms with Crippen LogP contribution in [0.3, 0.4) is 0 Å². The highest BCUT2D eigenvalue weighted by atomic mass is 35.5. The number of hydrogen-bond donors (Lipinski definition) is 1. The maximum atomic E-state index is 13.5. The van der Waals surface area contributed by atoms with Gasteiger partial charge in [0.25, 0.3) is 0 Å². The van der Waals surface area contributed by atoms with Crippen molar-refractivity contribution in [1.29, 1.82) is 0 Å². The van der Waals surface area contributed by atoms with Crippen LogP contribution in [0.5, 0.6) is 0 Å². The largest absolute Gasteiger partial charge is 0.324 e. The molecule has 2 nitrogen and oxygen atoms in total. The zero-order chi connectivity index (χ0) is 13.1. The molecule has 1 aromatic heterocycles. The standard InChI is InChI=1S/C13H11ClF2N2/c14-11-7-18-4-3-10(11)13(17)6-8-5-9(15)1-2-12(8)16/h1-5,7,13H,6,17H2. The number of aromatic nitrogens is 1. The van der Waals surface area contributed by atoms with Gasteiger partial charge in [-0.05, 0) is 41.8 Å². The minimum Gasteiger partial charge on any atom is -0.324 e. The van der Waals surface area contributed by atoms with E-state index in [4.69, 9.17) is 17.3 Å². The molecule has 1 aromatic carbocycles. The smallest absolute Gasteiger partial charge is 0.126 e. The Kier molecular flexibility index (Phi) is 3.89. The molecule has 1 unspecified atom stereocenters. The summed E-state index contributed by atoms with van der Waals surface area (Å²) in [7, 11) is 0. The van der Waals surface area contributed by atoms with Crippen LogP contribution >= 0.6 is 11.6 Å². The lowest BCUT2D eigenvalue weighted by atomic mass is 10.00. The molecule has 2 rings (SSSR count). The van der Waals surface area contributed by atoms with E-state index in [1.165, 1.54) is 6.20 Å². The average molecular weight is 269 g/mol. The summed E-state index contributed by atoms with van der Waals surface area (Å²) in [6.07, 6.45) is 3.20. The van der Waals surface area contributed by atoms with Crippen LogP contribution < -0.4 is 5.73 Å². The van der Waals surface area contributed by atoms with Crippen LogP contribution in [0, 0.1) is 11.6 Å². The lowest BCUT2D eigenvalue weighted by molar-refractivity contribution is 0.572. The maximum absolute atomic E-state index is 13.5. The molecule has 18 heavy (non-hydrogen) atoms. The third kappa shape index (κ3) is 2.83. The molecule has 0 amide bonds. The highest BCUT2D eigenvalue weighted by Gasteiger charge is 2.13. The van der Waals surface area contributed by atoms with Gasteiger partial charge in [-0.3, -0.25) is 4.98 Å². The summed E-state index contributed by atoms with van der Waals surface area (Å²) in [5.74, 6) is -0.962. The van der Waals surface area contributed by atoms with Crippen molar-refractivity contribution in [3.8, 4) is 0 Å². The van der Waals surface area contributed by atoms with Gasteiger partial charge in [-0.15, -0.1) is 0 Å². The Morgan fingerprint density at radius 1 is 1.28 bits per heavy atom. The van der Waals surface area contributed by atoms with E-state index in [9.17, 15) is 8.78 Å². The van der Waals surface area contributed by atoms with Gasteiger partial charge >= 0.3 is 0 Å². The zero-order valence-corrected chi connectivity index (χ0v) is 10.2. The first-order chi connectivity index (χ1) is 8.58. The van der Waals surface area contributed by atoms with Crippen molar-refractivity contribution in [3.63, 3.8) is 0 Å². The summed E-state index contributed by atoms with van der Waals surface area (Å²) in [6, 6.07) is 4.47. The molecule has 5 heteroatoms. The Labute approximate surface area is 108 Å². The molecule has 0 aliphatic carbocycles. The van der Waals surface area contributed by atoms with E-state index >= 15 is 0 Å². The fraction of sp³-hybridized carbons (Fsp3) is 0.154. The van der Waals surface area contributed by atoms with E-state index in [2.05, 4.69) is 4.98 Å². The van der Waals surface area contributed by atoms with Crippen molar-refractivity contribution in [2.75, 3.05) is 0 Å². The third-order valence-electron chi connectivity index (χ3n) is 2.65.